The lowest BCUT2D eigenvalue weighted by molar-refractivity contribution is -0.116. The first-order valence-corrected chi connectivity index (χ1v) is 6.72. The number of nitrogens with one attached hydrogen (secondary N) is 2. The van der Waals surface area contributed by atoms with Crippen LogP contribution in [0.5, 0.6) is 0 Å². The second-order valence-electron chi connectivity index (χ2n) is 4.98. The zero-order chi connectivity index (χ0) is 13.9. The number of rotatable bonds is 3. The van der Waals surface area contributed by atoms with Crippen LogP contribution in [0.1, 0.15) is 17.5 Å². The van der Waals surface area contributed by atoms with Gasteiger partial charge in [-0.1, -0.05) is 30.3 Å². The predicted molar refractivity (Wildman–Crippen MR) is 81.6 cm³/mol. The van der Waals surface area contributed by atoms with Gasteiger partial charge in [-0.25, -0.2) is 0 Å². The summed E-state index contributed by atoms with van der Waals surface area (Å²) in [5, 5.41) is 6.21. The van der Waals surface area contributed by atoms with E-state index in [4.69, 9.17) is 5.73 Å². The summed E-state index contributed by atoms with van der Waals surface area (Å²) >= 11 is 0. The molecule has 2 aromatic rings. The fraction of sp³-hybridized carbons (Fsp3) is 0.188. The third kappa shape index (κ3) is 2.59. The quantitative estimate of drug-likeness (QED) is 0.749. The average Bonchev–Trinajstić information content (AvgIpc) is 2.46. The molecule has 2 aromatic carbocycles. The van der Waals surface area contributed by atoms with Crippen LogP contribution in [0.15, 0.2) is 42.5 Å². The topological polar surface area (TPSA) is 67.1 Å². The minimum atomic E-state index is 0.0573. The van der Waals surface area contributed by atoms with E-state index in [0.29, 0.717) is 12.1 Å². The van der Waals surface area contributed by atoms with Gasteiger partial charge in [0.05, 0.1) is 11.4 Å². The van der Waals surface area contributed by atoms with Crippen LogP contribution in [-0.2, 0) is 17.8 Å². The lowest BCUT2D eigenvalue weighted by Crippen LogP contribution is -2.19. The van der Waals surface area contributed by atoms with Crippen molar-refractivity contribution in [2.75, 3.05) is 16.4 Å². The molecule has 0 bridgehead atoms. The number of nitrogen functional groups attached to an aromatic ring is 1. The molecule has 102 valence electrons. The lowest BCUT2D eigenvalue weighted by Gasteiger charge is -2.19. The molecule has 1 heterocycles. The molecule has 1 aliphatic rings. The second kappa shape index (κ2) is 5.25. The number of aryl methyl sites for hydroxylation is 1. The van der Waals surface area contributed by atoms with Gasteiger partial charge in [0.2, 0.25) is 5.91 Å². The number of anilines is 3. The smallest absolute Gasteiger partial charge is 0.224 e. The highest BCUT2D eigenvalue weighted by Crippen LogP contribution is 2.31. The Morgan fingerprint density at radius 1 is 1.15 bits per heavy atom. The van der Waals surface area contributed by atoms with Crippen LogP contribution < -0.4 is 16.4 Å². The van der Waals surface area contributed by atoms with E-state index in [9.17, 15) is 4.79 Å². The molecule has 4 nitrogen and oxygen atoms in total. The van der Waals surface area contributed by atoms with Crippen molar-refractivity contribution >= 4 is 23.0 Å². The summed E-state index contributed by atoms with van der Waals surface area (Å²) in [6.45, 7) is 0.732. The van der Waals surface area contributed by atoms with E-state index in [2.05, 4.69) is 22.8 Å². The zero-order valence-corrected chi connectivity index (χ0v) is 11.1. The highest BCUT2D eigenvalue weighted by molar-refractivity contribution is 5.95. The summed E-state index contributed by atoms with van der Waals surface area (Å²) < 4.78 is 0. The molecule has 0 radical (unpaired) electrons. The first kappa shape index (κ1) is 12.5. The SMILES string of the molecule is Nc1cc2c(cc1NCc1ccccc1)CCC(=O)N2. The fourth-order valence-corrected chi connectivity index (χ4v) is 2.39. The van der Waals surface area contributed by atoms with Gasteiger partial charge in [0.15, 0.2) is 0 Å². The van der Waals surface area contributed by atoms with Crippen LogP contribution >= 0.6 is 0 Å². The minimum absolute atomic E-state index is 0.0573. The van der Waals surface area contributed by atoms with Crippen LogP contribution in [-0.4, -0.2) is 5.91 Å². The molecule has 3 rings (SSSR count). The van der Waals surface area contributed by atoms with E-state index in [1.165, 1.54) is 5.56 Å². The van der Waals surface area contributed by atoms with Crippen molar-refractivity contribution in [3.63, 3.8) is 0 Å². The van der Waals surface area contributed by atoms with E-state index in [1.807, 2.05) is 30.3 Å². The maximum Gasteiger partial charge on any atom is 0.224 e. The lowest BCUT2D eigenvalue weighted by atomic mass is 10.0. The van der Waals surface area contributed by atoms with E-state index < -0.39 is 0 Å². The van der Waals surface area contributed by atoms with Crippen molar-refractivity contribution in [3.8, 4) is 0 Å². The van der Waals surface area contributed by atoms with Crippen molar-refractivity contribution in [3.05, 3.63) is 53.6 Å². The molecule has 1 aliphatic heterocycles. The van der Waals surface area contributed by atoms with Crippen LogP contribution in [0.25, 0.3) is 0 Å². The average molecular weight is 267 g/mol. The van der Waals surface area contributed by atoms with Crippen molar-refractivity contribution in [1.29, 1.82) is 0 Å². The molecule has 4 heteroatoms. The van der Waals surface area contributed by atoms with Gasteiger partial charge >= 0.3 is 0 Å². The Bertz CT molecular complexity index is 638. The molecule has 0 aliphatic carbocycles. The number of nitrogens with two attached hydrogens (primary N) is 1. The Labute approximate surface area is 118 Å². The number of hydrogen-bond donors (Lipinski definition) is 3. The van der Waals surface area contributed by atoms with E-state index >= 15 is 0 Å². The molecule has 20 heavy (non-hydrogen) atoms. The molecule has 0 aromatic heterocycles. The molecular formula is C16H17N3O. The monoisotopic (exact) mass is 267 g/mol. The van der Waals surface area contributed by atoms with E-state index in [0.717, 1.165) is 29.9 Å². The molecule has 1 amide bonds. The summed E-state index contributed by atoms with van der Waals surface area (Å²) in [6, 6.07) is 14.0. The van der Waals surface area contributed by atoms with Gasteiger partial charge in [-0.2, -0.15) is 0 Å². The van der Waals surface area contributed by atoms with Gasteiger partial charge in [-0.3, -0.25) is 4.79 Å². The van der Waals surface area contributed by atoms with Gasteiger partial charge in [-0.15, -0.1) is 0 Å². The fourth-order valence-electron chi connectivity index (χ4n) is 2.39. The molecule has 0 saturated carbocycles. The first-order chi connectivity index (χ1) is 9.72. The van der Waals surface area contributed by atoms with Gasteiger partial charge in [0, 0.05) is 18.7 Å². The number of hydrogen-bond acceptors (Lipinski definition) is 3. The molecular weight excluding hydrogens is 250 g/mol. The maximum atomic E-state index is 11.4. The third-order valence-corrected chi connectivity index (χ3v) is 3.50. The van der Waals surface area contributed by atoms with Crippen molar-refractivity contribution in [2.45, 2.75) is 19.4 Å². The molecule has 0 unspecified atom stereocenters. The summed E-state index contributed by atoms with van der Waals surface area (Å²) in [6.07, 6.45) is 1.30. The first-order valence-electron chi connectivity index (χ1n) is 6.72. The summed E-state index contributed by atoms with van der Waals surface area (Å²) in [5.74, 6) is 0.0573. The normalized spacial score (nSPS) is 13.5. The Kier molecular flexibility index (Phi) is 3.29. The van der Waals surface area contributed by atoms with Gasteiger partial charge in [0.1, 0.15) is 0 Å². The molecule has 0 spiro atoms. The highest BCUT2D eigenvalue weighted by atomic mass is 16.1. The number of benzene rings is 2. The highest BCUT2D eigenvalue weighted by Gasteiger charge is 2.16. The van der Waals surface area contributed by atoms with Gasteiger partial charge in [-0.05, 0) is 29.7 Å². The Balaban J connectivity index is 1.79. The zero-order valence-electron chi connectivity index (χ0n) is 11.1. The molecule has 4 N–H and O–H groups in total. The summed E-state index contributed by atoms with van der Waals surface area (Å²) in [7, 11) is 0. The summed E-state index contributed by atoms with van der Waals surface area (Å²) in [5.41, 5.74) is 10.8. The minimum Gasteiger partial charge on any atom is -0.397 e. The predicted octanol–water partition coefficient (Wildman–Crippen LogP) is 2.77. The van der Waals surface area contributed by atoms with Crippen molar-refractivity contribution in [1.82, 2.24) is 0 Å². The van der Waals surface area contributed by atoms with Crippen LogP contribution in [0.2, 0.25) is 0 Å². The van der Waals surface area contributed by atoms with Crippen molar-refractivity contribution < 1.29 is 4.79 Å². The van der Waals surface area contributed by atoms with Crippen LogP contribution in [0.4, 0.5) is 17.1 Å². The molecule has 0 saturated heterocycles. The molecule has 0 atom stereocenters. The Morgan fingerprint density at radius 2 is 1.95 bits per heavy atom. The standard InChI is InChI=1S/C16H17N3O/c17-13-9-14-12(6-7-16(20)19-14)8-15(13)18-10-11-4-2-1-3-5-11/h1-5,8-9,18H,6-7,10,17H2,(H,19,20). The maximum absolute atomic E-state index is 11.4. The summed E-state index contributed by atoms with van der Waals surface area (Å²) in [4.78, 5) is 11.4. The second-order valence-corrected chi connectivity index (χ2v) is 4.98. The third-order valence-electron chi connectivity index (χ3n) is 3.50. The Hall–Kier alpha value is -2.49. The number of fused-ring (bicyclic) bond motifs is 1. The van der Waals surface area contributed by atoms with E-state index in [1.54, 1.807) is 0 Å². The van der Waals surface area contributed by atoms with Gasteiger partial charge < -0.3 is 16.4 Å². The number of amides is 1. The van der Waals surface area contributed by atoms with Crippen LogP contribution in [0.3, 0.4) is 0 Å². The number of carbonyl (C=O) groups excluding carboxylic acids is 1. The molecule has 0 fully saturated rings. The van der Waals surface area contributed by atoms with Crippen molar-refractivity contribution in [2.24, 2.45) is 0 Å². The van der Waals surface area contributed by atoms with Crippen LogP contribution in [0, 0.1) is 0 Å². The Morgan fingerprint density at radius 3 is 2.75 bits per heavy atom. The van der Waals surface area contributed by atoms with Gasteiger partial charge in [0.25, 0.3) is 0 Å². The number of carbonyl (C=O) groups is 1. The van der Waals surface area contributed by atoms with E-state index in [-0.39, 0.29) is 5.91 Å². The largest absolute Gasteiger partial charge is 0.397 e.